The average Bonchev–Trinajstić information content (AvgIpc) is 2.82. The van der Waals surface area contributed by atoms with Crippen LogP contribution >= 0.6 is 11.6 Å². The maximum atomic E-state index is 11.8. The lowest BCUT2D eigenvalue weighted by Crippen LogP contribution is -2.30. The highest BCUT2D eigenvalue weighted by Crippen LogP contribution is 2.21. The van der Waals surface area contributed by atoms with Crippen LogP contribution in [0.15, 0.2) is 34.9 Å². The number of aromatic nitrogens is 1. The van der Waals surface area contributed by atoms with E-state index in [0.717, 1.165) is 5.56 Å². The molecule has 1 heterocycles. The summed E-state index contributed by atoms with van der Waals surface area (Å²) in [6, 6.07) is 9.19. The van der Waals surface area contributed by atoms with Crippen LogP contribution in [0.2, 0.25) is 5.02 Å². The van der Waals surface area contributed by atoms with Crippen LogP contribution in [-0.4, -0.2) is 17.6 Å². The minimum atomic E-state index is -0.183. The summed E-state index contributed by atoms with van der Waals surface area (Å²) in [7, 11) is 0. The van der Waals surface area contributed by atoms with Crippen molar-refractivity contribution in [2.24, 2.45) is 0 Å². The van der Waals surface area contributed by atoms with Crippen molar-refractivity contribution < 1.29 is 9.32 Å². The third-order valence-electron chi connectivity index (χ3n) is 2.84. The zero-order valence-corrected chi connectivity index (χ0v) is 12.1. The fourth-order valence-corrected chi connectivity index (χ4v) is 2.09. The van der Waals surface area contributed by atoms with Crippen LogP contribution in [0.5, 0.6) is 0 Å². The summed E-state index contributed by atoms with van der Waals surface area (Å²) in [5, 5.41) is 10.1. The third-order valence-corrected chi connectivity index (χ3v) is 3.18. The molecule has 1 aromatic heterocycles. The zero-order chi connectivity index (χ0) is 14.5. The van der Waals surface area contributed by atoms with Gasteiger partial charge in [-0.15, -0.1) is 0 Å². The number of amides is 1. The van der Waals surface area contributed by atoms with E-state index in [1.807, 2.05) is 31.2 Å². The van der Waals surface area contributed by atoms with E-state index in [0.29, 0.717) is 16.6 Å². The molecule has 5 nitrogen and oxygen atoms in total. The first-order chi connectivity index (χ1) is 9.56. The zero-order valence-electron chi connectivity index (χ0n) is 11.3. The molecule has 0 aliphatic carbocycles. The van der Waals surface area contributed by atoms with Crippen molar-refractivity contribution in [1.29, 1.82) is 0 Å². The Morgan fingerprint density at radius 1 is 1.45 bits per heavy atom. The standard InChI is InChI=1S/C14H16ClN3O2/c1-9-7-13(18-20-9)17-14(19)8-16-10(2)11-5-3-4-6-12(11)15/h3-7,10,16H,8H2,1-2H3,(H,17,18,19). The molecule has 1 atom stereocenters. The second-order valence-corrected chi connectivity index (χ2v) is 4.90. The van der Waals surface area contributed by atoms with Gasteiger partial charge in [-0.2, -0.15) is 0 Å². The number of aryl methyl sites for hydroxylation is 1. The molecule has 0 radical (unpaired) electrons. The van der Waals surface area contributed by atoms with Crippen LogP contribution in [0.1, 0.15) is 24.3 Å². The number of hydrogen-bond donors (Lipinski definition) is 2. The maximum Gasteiger partial charge on any atom is 0.239 e. The molecule has 0 fully saturated rings. The first-order valence-electron chi connectivity index (χ1n) is 6.27. The van der Waals surface area contributed by atoms with Crippen molar-refractivity contribution in [3.63, 3.8) is 0 Å². The molecule has 1 aromatic carbocycles. The summed E-state index contributed by atoms with van der Waals surface area (Å²) in [6.45, 7) is 3.88. The molecule has 2 rings (SSSR count). The summed E-state index contributed by atoms with van der Waals surface area (Å²) in [6.07, 6.45) is 0. The highest BCUT2D eigenvalue weighted by molar-refractivity contribution is 6.31. The second-order valence-electron chi connectivity index (χ2n) is 4.50. The molecule has 0 saturated heterocycles. The Morgan fingerprint density at radius 3 is 2.85 bits per heavy atom. The average molecular weight is 294 g/mol. The molecular formula is C14H16ClN3O2. The number of hydrogen-bond acceptors (Lipinski definition) is 4. The van der Waals surface area contributed by atoms with Crippen LogP contribution in [0, 0.1) is 6.92 Å². The molecule has 2 N–H and O–H groups in total. The molecule has 0 bridgehead atoms. The molecule has 0 saturated carbocycles. The summed E-state index contributed by atoms with van der Waals surface area (Å²) < 4.78 is 4.87. The van der Waals surface area contributed by atoms with E-state index >= 15 is 0 Å². The molecule has 0 spiro atoms. The van der Waals surface area contributed by atoms with Crippen molar-refractivity contribution in [3.05, 3.63) is 46.7 Å². The van der Waals surface area contributed by atoms with Gasteiger partial charge in [0.2, 0.25) is 5.91 Å². The SMILES string of the molecule is Cc1cc(NC(=O)CNC(C)c2ccccc2Cl)no1. The fourth-order valence-electron chi connectivity index (χ4n) is 1.79. The topological polar surface area (TPSA) is 67.2 Å². The summed E-state index contributed by atoms with van der Waals surface area (Å²) in [5.74, 6) is 0.884. The molecule has 20 heavy (non-hydrogen) atoms. The van der Waals surface area contributed by atoms with Gasteiger partial charge < -0.3 is 15.2 Å². The smallest absolute Gasteiger partial charge is 0.239 e. The monoisotopic (exact) mass is 293 g/mol. The lowest BCUT2D eigenvalue weighted by atomic mass is 10.1. The number of nitrogens with one attached hydrogen (secondary N) is 2. The Balaban J connectivity index is 1.85. The maximum absolute atomic E-state index is 11.8. The van der Waals surface area contributed by atoms with E-state index in [9.17, 15) is 4.79 Å². The Bertz CT molecular complexity index is 598. The van der Waals surface area contributed by atoms with Crippen molar-refractivity contribution >= 4 is 23.3 Å². The van der Waals surface area contributed by atoms with Crippen LogP contribution in [0.4, 0.5) is 5.82 Å². The van der Waals surface area contributed by atoms with E-state index in [1.54, 1.807) is 13.0 Å². The third kappa shape index (κ3) is 3.82. The number of carbonyl (C=O) groups excluding carboxylic acids is 1. The lowest BCUT2D eigenvalue weighted by Gasteiger charge is -2.15. The highest BCUT2D eigenvalue weighted by Gasteiger charge is 2.11. The van der Waals surface area contributed by atoms with Crippen LogP contribution in [0.3, 0.4) is 0 Å². The van der Waals surface area contributed by atoms with Gasteiger partial charge in [0.1, 0.15) is 5.76 Å². The quantitative estimate of drug-likeness (QED) is 0.889. The van der Waals surface area contributed by atoms with E-state index < -0.39 is 0 Å². The van der Waals surface area contributed by atoms with E-state index in [-0.39, 0.29) is 18.5 Å². The Labute approximate surface area is 122 Å². The van der Waals surface area contributed by atoms with Crippen molar-refractivity contribution in [1.82, 2.24) is 10.5 Å². The number of anilines is 1. The largest absolute Gasteiger partial charge is 0.360 e. The highest BCUT2D eigenvalue weighted by atomic mass is 35.5. The van der Waals surface area contributed by atoms with E-state index in [1.165, 1.54) is 0 Å². The molecule has 1 unspecified atom stereocenters. The van der Waals surface area contributed by atoms with Crippen LogP contribution in [0.25, 0.3) is 0 Å². The van der Waals surface area contributed by atoms with Crippen molar-refractivity contribution in [3.8, 4) is 0 Å². The summed E-state index contributed by atoms with van der Waals surface area (Å²) in [5.41, 5.74) is 0.958. The number of rotatable bonds is 5. The number of benzene rings is 1. The molecule has 6 heteroatoms. The van der Waals surface area contributed by atoms with Gasteiger partial charge in [-0.25, -0.2) is 0 Å². The predicted molar refractivity (Wildman–Crippen MR) is 77.7 cm³/mol. The fraction of sp³-hybridized carbons (Fsp3) is 0.286. The van der Waals surface area contributed by atoms with Gasteiger partial charge in [-0.1, -0.05) is 35.0 Å². The molecule has 2 aromatic rings. The van der Waals surface area contributed by atoms with Gasteiger partial charge >= 0.3 is 0 Å². The summed E-state index contributed by atoms with van der Waals surface area (Å²) in [4.78, 5) is 11.8. The molecule has 0 aliphatic heterocycles. The molecule has 106 valence electrons. The first kappa shape index (κ1) is 14.6. The number of carbonyl (C=O) groups is 1. The van der Waals surface area contributed by atoms with E-state index in [4.69, 9.17) is 16.1 Å². The van der Waals surface area contributed by atoms with Gasteiger partial charge in [-0.05, 0) is 25.5 Å². The molecule has 0 aliphatic rings. The minimum Gasteiger partial charge on any atom is -0.360 e. The van der Waals surface area contributed by atoms with Crippen molar-refractivity contribution in [2.45, 2.75) is 19.9 Å². The number of halogens is 1. The first-order valence-corrected chi connectivity index (χ1v) is 6.65. The molecule has 1 amide bonds. The minimum absolute atomic E-state index is 0.0199. The lowest BCUT2D eigenvalue weighted by molar-refractivity contribution is -0.115. The molecular weight excluding hydrogens is 278 g/mol. The summed E-state index contributed by atoms with van der Waals surface area (Å²) >= 11 is 6.10. The van der Waals surface area contributed by atoms with E-state index in [2.05, 4.69) is 15.8 Å². The van der Waals surface area contributed by atoms with Crippen LogP contribution in [-0.2, 0) is 4.79 Å². The van der Waals surface area contributed by atoms with Gasteiger partial charge in [0, 0.05) is 17.1 Å². The second kappa shape index (κ2) is 6.54. The normalized spacial score (nSPS) is 12.2. The van der Waals surface area contributed by atoms with Gasteiger partial charge in [0.25, 0.3) is 0 Å². The Morgan fingerprint density at radius 2 is 2.20 bits per heavy atom. The Kier molecular flexibility index (Phi) is 4.76. The van der Waals surface area contributed by atoms with Gasteiger partial charge in [0.15, 0.2) is 5.82 Å². The van der Waals surface area contributed by atoms with Crippen LogP contribution < -0.4 is 10.6 Å². The number of nitrogens with zero attached hydrogens (tertiary/aromatic N) is 1. The van der Waals surface area contributed by atoms with Crippen molar-refractivity contribution in [2.75, 3.05) is 11.9 Å². The van der Waals surface area contributed by atoms with Gasteiger partial charge in [0.05, 0.1) is 6.54 Å². The van der Waals surface area contributed by atoms with Gasteiger partial charge in [-0.3, -0.25) is 4.79 Å². The Hall–Kier alpha value is -1.85. The predicted octanol–water partition coefficient (Wildman–Crippen LogP) is 2.93.